The van der Waals surface area contributed by atoms with Gasteiger partial charge in [-0.1, -0.05) is 11.3 Å². The van der Waals surface area contributed by atoms with Gasteiger partial charge in [0, 0.05) is 6.08 Å². The van der Waals surface area contributed by atoms with Crippen LogP contribution in [0.2, 0.25) is 0 Å². The van der Waals surface area contributed by atoms with Gasteiger partial charge in [0.25, 0.3) is 0 Å². The average molecular weight is 212 g/mol. The molecule has 1 heterocycles. The summed E-state index contributed by atoms with van der Waals surface area (Å²) in [6, 6.07) is 2.12. The Labute approximate surface area is 72.0 Å². The second-order valence-electron chi connectivity index (χ2n) is 2.01. The van der Waals surface area contributed by atoms with Gasteiger partial charge in [-0.05, 0) is 22.0 Å². The van der Waals surface area contributed by atoms with Gasteiger partial charge in [0.15, 0.2) is 0 Å². The van der Waals surface area contributed by atoms with Crippen LogP contribution in [-0.4, -0.2) is 0 Å². The lowest BCUT2D eigenvalue weighted by Gasteiger charge is -1.81. The Kier molecular flexibility index (Phi) is 1.46. The van der Waals surface area contributed by atoms with E-state index in [1.807, 2.05) is 12.2 Å². The summed E-state index contributed by atoms with van der Waals surface area (Å²) < 4.78 is 1.18. The Hall–Kier alpha value is -0.430. The first-order chi connectivity index (χ1) is 4.86. The molecule has 0 amide bonds. The summed E-state index contributed by atoms with van der Waals surface area (Å²) in [5.41, 5.74) is 1.29. The fourth-order valence-corrected chi connectivity index (χ4v) is 2.43. The Morgan fingerprint density at radius 1 is 1.50 bits per heavy atom. The molecular formula is C8H4BrS+. The minimum absolute atomic E-state index is 1.18. The van der Waals surface area contributed by atoms with Crippen LogP contribution in [0, 0.1) is 6.08 Å². The van der Waals surface area contributed by atoms with Gasteiger partial charge in [0.1, 0.15) is 22.6 Å². The van der Waals surface area contributed by atoms with Crippen LogP contribution in [0.1, 0.15) is 10.4 Å². The summed E-state index contributed by atoms with van der Waals surface area (Å²) in [5, 5.41) is 0. The van der Waals surface area contributed by atoms with Crippen LogP contribution < -0.4 is 0 Å². The zero-order chi connectivity index (χ0) is 6.97. The number of hydrogen-bond acceptors (Lipinski definition) is 1. The summed E-state index contributed by atoms with van der Waals surface area (Å²) in [5.74, 6) is 0. The predicted molar refractivity (Wildman–Crippen MR) is 48.8 cm³/mol. The normalized spacial score (nSPS) is 12.9. The van der Waals surface area contributed by atoms with E-state index in [9.17, 15) is 0 Å². The second-order valence-corrected chi connectivity index (χ2v) is 4.48. The largest absolute Gasteiger partial charge is 0.148 e. The number of allylic oxidation sites excluding steroid dienone is 2. The van der Waals surface area contributed by atoms with E-state index in [0.29, 0.717) is 0 Å². The molecule has 0 radical (unpaired) electrons. The molecule has 10 heavy (non-hydrogen) atoms. The van der Waals surface area contributed by atoms with Crippen LogP contribution in [0.25, 0.3) is 12.2 Å². The zero-order valence-electron chi connectivity index (χ0n) is 5.10. The molecule has 1 aliphatic carbocycles. The van der Waals surface area contributed by atoms with Crippen LogP contribution >= 0.6 is 27.3 Å². The Balaban J connectivity index is 2.64. The van der Waals surface area contributed by atoms with Crippen LogP contribution in [0.15, 0.2) is 15.9 Å². The fraction of sp³-hybridized carbons (Fsp3) is 0. The van der Waals surface area contributed by atoms with E-state index in [0.717, 1.165) is 0 Å². The van der Waals surface area contributed by atoms with Gasteiger partial charge < -0.3 is 0 Å². The molecule has 0 saturated carbocycles. The summed E-state index contributed by atoms with van der Waals surface area (Å²) in [4.78, 5) is 1.29. The highest BCUT2D eigenvalue weighted by Gasteiger charge is 2.12. The lowest BCUT2D eigenvalue weighted by molar-refractivity contribution is 1.75. The predicted octanol–water partition coefficient (Wildman–Crippen LogP) is 3.35. The maximum absolute atomic E-state index is 3.43. The van der Waals surface area contributed by atoms with Gasteiger partial charge in [0.05, 0.1) is 9.86 Å². The lowest BCUT2D eigenvalue weighted by atomic mass is 10.2. The smallest absolute Gasteiger partial charge is 0.0581 e. The minimum atomic E-state index is 1.18. The number of fused-ring (bicyclic) bond motifs is 1. The van der Waals surface area contributed by atoms with E-state index < -0.39 is 0 Å². The van der Waals surface area contributed by atoms with E-state index in [4.69, 9.17) is 0 Å². The molecule has 1 aromatic rings. The van der Waals surface area contributed by atoms with Crippen LogP contribution in [-0.2, 0) is 0 Å². The molecule has 48 valence electrons. The Morgan fingerprint density at radius 2 is 2.40 bits per heavy atom. The van der Waals surface area contributed by atoms with Crippen molar-refractivity contribution >= 4 is 39.4 Å². The van der Waals surface area contributed by atoms with Crippen molar-refractivity contribution in [1.82, 2.24) is 0 Å². The first kappa shape index (κ1) is 6.29. The molecule has 2 rings (SSSR count). The molecule has 0 aromatic carbocycles. The van der Waals surface area contributed by atoms with Crippen molar-refractivity contribution in [1.29, 1.82) is 0 Å². The maximum atomic E-state index is 3.43. The molecular weight excluding hydrogens is 208 g/mol. The molecule has 0 atom stereocenters. The third-order valence-electron chi connectivity index (χ3n) is 1.33. The average Bonchev–Trinajstić information content (AvgIpc) is 2.27. The van der Waals surface area contributed by atoms with E-state index in [1.54, 1.807) is 11.3 Å². The van der Waals surface area contributed by atoms with E-state index in [2.05, 4.69) is 34.1 Å². The molecule has 0 N–H and O–H groups in total. The fourth-order valence-electron chi connectivity index (χ4n) is 0.892. The molecule has 0 spiro atoms. The van der Waals surface area contributed by atoms with Crippen molar-refractivity contribution in [3.63, 3.8) is 0 Å². The SMILES string of the molecule is Brc1cc2c(s1)C=[C+]C=C2. The molecule has 0 nitrogen and oxygen atoms in total. The third-order valence-corrected chi connectivity index (χ3v) is 2.94. The zero-order valence-corrected chi connectivity index (χ0v) is 7.50. The Morgan fingerprint density at radius 3 is 3.20 bits per heavy atom. The standard InChI is InChI=1S/C8H4BrS/c9-8-5-6-3-1-2-4-7(6)10-8/h1,3-5H/q+1. The number of halogens is 1. The summed E-state index contributed by atoms with van der Waals surface area (Å²) in [7, 11) is 0. The van der Waals surface area contributed by atoms with Gasteiger partial charge in [-0.25, -0.2) is 0 Å². The second kappa shape index (κ2) is 2.31. The molecule has 0 fully saturated rings. The first-order valence-electron chi connectivity index (χ1n) is 2.91. The van der Waals surface area contributed by atoms with Crippen LogP contribution in [0.4, 0.5) is 0 Å². The molecule has 1 aliphatic rings. The number of hydrogen-bond donors (Lipinski definition) is 0. The van der Waals surface area contributed by atoms with Crippen LogP contribution in [0.5, 0.6) is 0 Å². The first-order valence-corrected chi connectivity index (χ1v) is 4.52. The summed E-state index contributed by atoms with van der Waals surface area (Å²) in [6.45, 7) is 0. The number of rotatable bonds is 0. The molecule has 0 unspecified atom stereocenters. The summed E-state index contributed by atoms with van der Waals surface area (Å²) in [6.07, 6.45) is 9.04. The highest BCUT2D eigenvalue weighted by Crippen LogP contribution is 2.30. The van der Waals surface area contributed by atoms with E-state index >= 15 is 0 Å². The van der Waals surface area contributed by atoms with Crippen molar-refractivity contribution in [3.8, 4) is 0 Å². The van der Waals surface area contributed by atoms with Gasteiger partial charge in [-0.3, -0.25) is 0 Å². The van der Waals surface area contributed by atoms with Crippen LogP contribution in [0.3, 0.4) is 0 Å². The molecule has 1 aromatic heterocycles. The Bertz CT molecular complexity index is 278. The molecule has 2 heteroatoms. The summed E-state index contributed by atoms with van der Waals surface area (Å²) >= 11 is 5.17. The van der Waals surface area contributed by atoms with E-state index in [-0.39, 0.29) is 0 Å². The molecule has 0 aliphatic heterocycles. The van der Waals surface area contributed by atoms with Crippen molar-refractivity contribution < 1.29 is 0 Å². The van der Waals surface area contributed by atoms with Crippen molar-refractivity contribution in [3.05, 3.63) is 32.4 Å². The van der Waals surface area contributed by atoms with Crippen molar-refractivity contribution in [2.75, 3.05) is 0 Å². The van der Waals surface area contributed by atoms with Crippen molar-refractivity contribution in [2.45, 2.75) is 0 Å². The van der Waals surface area contributed by atoms with Gasteiger partial charge in [0.2, 0.25) is 0 Å². The van der Waals surface area contributed by atoms with Gasteiger partial charge >= 0.3 is 0 Å². The highest BCUT2D eigenvalue weighted by atomic mass is 79.9. The topological polar surface area (TPSA) is 0 Å². The lowest BCUT2D eigenvalue weighted by Crippen LogP contribution is -1.72. The van der Waals surface area contributed by atoms with E-state index in [1.165, 1.54) is 14.2 Å². The maximum Gasteiger partial charge on any atom is 0.148 e. The quantitative estimate of drug-likeness (QED) is 0.578. The minimum Gasteiger partial charge on any atom is -0.0581 e. The third kappa shape index (κ3) is 0.948. The highest BCUT2D eigenvalue weighted by molar-refractivity contribution is 9.11. The van der Waals surface area contributed by atoms with Gasteiger partial charge in [-0.15, -0.1) is 0 Å². The molecule has 0 saturated heterocycles. The monoisotopic (exact) mass is 211 g/mol. The van der Waals surface area contributed by atoms with Gasteiger partial charge in [-0.2, -0.15) is 0 Å². The number of thiophene rings is 1. The van der Waals surface area contributed by atoms with Crippen molar-refractivity contribution in [2.24, 2.45) is 0 Å². The molecule has 0 bridgehead atoms.